The molecule has 0 N–H and O–H groups in total. The molecule has 1 aliphatic rings. The average Bonchev–Trinajstić information content (AvgIpc) is 3.42. The van der Waals surface area contributed by atoms with Crippen LogP contribution in [0.1, 0.15) is 36.6 Å². The summed E-state index contributed by atoms with van der Waals surface area (Å²) in [5.74, 6) is 0.851. The largest absolute Gasteiger partial charge is 0.299 e. The zero-order valence-electron chi connectivity index (χ0n) is 14.1. The molecule has 1 aromatic carbocycles. The van der Waals surface area contributed by atoms with Crippen molar-refractivity contribution in [2.24, 2.45) is 0 Å². The number of nitro groups is 1. The van der Waals surface area contributed by atoms with Gasteiger partial charge in [-0.05, 0) is 37.5 Å². The van der Waals surface area contributed by atoms with Gasteiger partial charge in [-0.2, -0.15) is 0 Å². The Balaban J connectivity index is 1.63. The van der Waals surface area contributed by atoms with Crippen molar-refractivity contribution in [3.8, 4) is 11.4 Å². The molecule has 132 valence electrons. The van der Waals surface area contributed by atoms with E-state index in [-0.39, 0.29) is 15.9 Å². The van der Waals surface area contributed by atoms with E-state index in [9.17, 15) is 10.1 Å². The fourth-order valence-electron chi connectivity index (χ4n) is 2.83. The van der Waals surface area contributed by atoms with E-state index in [1.807, 2.05) is 25.1 Å². The van der Waals surface area contributed by atoms with Crippen LogP contribution >= 0.6 is 11.8 Å². The van der Waals surface area contributed by atoms with E-state index in [1.165, 1.54) is 6.07 Å². The fraction of sp³-hybridized carbons (Fsp3) is 0.278. The van der Waals surface area contributed by atoms with Crippen LogP contribution in [0.5, 0.6) is 0 Å². The number of nitro benzene ring substituents is 1. The second kappa shape index (κ2) is 6.87. The van der Waals surface area contributed by atoms with Crippen molar-refractivity contribution in [3.05, 3.63) is 64.5 Å². The number of hydrogen-bond donors (Lipinski definition) is 0. The summed E-state index contributed by atoms with van der Waals surface area (Å²) in [4.78, 5) is 14.7. The summed E-state index contributed by atoms with van der Waals surface area (Å²) >= 11 is 1.58. The van der Waals surface area contributed by atoms with Crippen LogP contribution in [0.2, 0.25) is 0 Å². The third-order valence-electron chi connectivity index (χ3n) is 4.35. The summed E-state index contributed by atoms with van der Waals surface area (Å²) < 4.78 is 2.19. The number of non-ortho nitro benzene ring substituents is 1. The van der Waals surface area contributed by atoms with Gasteiger partial charge in [-0.3, -0.25) is 19.7 Å². The van der Waals surface area contributed by atoms with Gasteiger partial charge in [0.1, 0.15) is 0 Å². The maximum absolute atomic E-state index is 11.0. The van der Waals surface area contributed by atoms with Crippen LogP contribution in [0.15, 0.2) is 53.9 Å². The highest BCUT2D eigenvalue weighted by molar-refractivity contribution is 7.99. The highest BCUT2D eigenvalue weighted by atomic mass is 32.2. The van der Waals surface area contributed by atoms with Crippen LogP contribution in [0.4, 0.5) is 5.69 Å². The quantitative estimate of drug-likeness (QED) is 0.364. The lowest BCUT2D eigenvalue weighted by Gasteiger charge is -2.13. The smallest absolute Gasteiger partial charge is 0.269 e. The Bertz CT molecular complexity index is 940. The monoisotopic (exact) mass is 367 g/mol. The van der Waals surface area contributed by atoms with Gasteiger partial charge in [0.25, 0.3) is 5.69 Å². The third kappa shape index (κ3) is 3.32. The third-order valence-corrected chi connectivity index (χ3v) is 5.46. The Morgan fingerprint density at radius 3 is 2.69 bits per heavy atom. The second-order valence-corrected chi connectivity index (χ2v) is 7.56. The molecular formula is C18H17N5O2S. The standard InChI is InChI=1S/C18H17N5O2S/c1-12(14-3-2-4-16(11-14)23(24)25)26-18-21-20-17(22(18)15-5-6-15)13-7-9-19-10-8-13/h2-4,7-12,15H,5-6H2,1H3. The van der Waals surface area contributed by atoms with Crippen molar-refractivity contribution in [1.82, 2.24) is 19.7 Å². The zero-order valence-corrected chi connectivity index (χ0v) is 15.0. The number of hydrogen-bond acceptors (Lipinski definition) is 6. The molecule has 0 spiro atoms. The lowest BCUT2D eigenvalue weighted by atomic mass is 10.1. The Morgan fingerprint density at radius 1 is 1.23 bits per heavy atom. The number of pyridine rings is 1. The molecule has 1 unspecified atom stereocenters. The van der Waals surface area contributed by atoms with Crippen LogP contribution in [-0.4, -0.2) is 24.7 Å². The summed E-state index contributed by atoms with van der Waals surface area (Å²) in [6.07, 6.45) is 5.74. The molecule has 26 heavy (non-hydrogen) atoms. The summed E-state index contributed by atoms with van der Waals surface area (Å²) in [5.41, 5.74) is 2.00. The van der Waals surface area contributed by atoms with Gasteiger partial charge in [-0.25, -0.2) is 0 Å². The van der Waals surface area contributed by atoms with Gasteiger partial charge < -0.3 is 0 Å². The lowest BCUT2D eigenvalue weighted by Crippen LogP contribution is -2.01. The highest BCUT2D eigenvalue weighted by Gasteiger charge is 2.31. The van der Waals surface area contributed by atoms with E-state index in [0.717, 1.165) is 34.9 Å². The molecule has 1 atom stereocenters. The highest BCUT2D eigenvalue weighted by Crippen LogP contribution is 2.44. The SMILES string of the molecule is CC(Sc1nnc(-c2ccncc2)n1C1CC1)c1cccc([N+](=O)[O-])c1. The first-order valence-electron chi connectivity index (χ1n) is 8.40. The number of nitrogens with zero attached hydrogens (tertiary/aromatic N) is 5. The Kier molecular flexibility index (Phi) is 4.42. The summed E-state index contributed by atoms with van der Waals surface area (Å²) in [6.45, 7) is 2.03. The van der Waals surface area contributed by atoms with Crippen LogP contribution in [-0.2, 0) is 0 Å². The van der Waals surface area contributed by atoms with E-state index >= 15 is 0 Å². The molecule has 0 amide bonds. The molecule has 0 radical (unpaired) electrons. The van der Waals surface area contributed by atoms with Crippen molar-refractivity contribution in [2.45, 2.75) is 36.2 Å². The number of rotatable bonds is 6. The fourth-order valence-corrected chi connectivity index (χ4v) is 3.87. The van der Waals surface area contributed by atoms with E-state index < -0.39 is 0 Å². The molecule has 1 fully saturated rings. The molecule has 0 saturated heterocycles. The summed E-state index contributed by atoms with van der Waals surface area (Å²) in [6, 6.07) is 11.1. The van der Waals surface area contributed by atoms with Gasteiger partial charge in [0.05, 0.1) is 4.92 Å². The molecule has 0 aliphatic heterocycles. The Morgan fingerprint density at radius 2 is 2.00 bits per heavy atom. The molecule has 7 nitrogen and oxygen atoms in total. The first-order valence-corrected chi connectivity index (χ1v) is 9.28. The van der Waals surface area contributed by atoms with Crippen molar-refractivity contribution in [2.75, 3.05) is 0 Å². The van der Waals surface area contributed by atoms with Crippen LogP contribution < -0.4 is 0 Å². The lowest BCUT2D eigenvalue weighted by molar-refractivity contribution is -0.384. The van der Waals surface area contributed by atoms with Gasteiger partial charge in [-0.15, -0.1) is 10.2 Å². The van der Waals surface area contributed by atoms with Crippen LogP contribution in [0.3, 0.4) is 0 Å². The number of aromatic nitrogens is 4. The van der Waals surface area contributed by atoms with E-state index in [4.69, 9.17) is 0 Å². The Hall–Kier alpha value is -2.74. The van der Waals surface area contributed by atoms with E-state index in [0.29, 0.717) is 6.04 Å². The minimum absolute atomic E-state index is 0.0295. The minimum Gasteiger partial charge on any atom is -0.299 e. The predicted octanol–water partition coefficient (Wildman–Crippen LogP) is 4.44. The van der Waals surface area contributed by atoms with Crippen molar-refractivity contribution in [3.63, 3.8) is 0 Å². The normalized spacial score (nSPS) is 15.0. The molecule has 0 bridgehead atoms. The van der Waals surface area contributed by atoms with Crippen LogP contribution in [0.25, 0.3) is 11.4 Å². The Labute approximate surface area is 154 Å². The minimum atomic E-state index is -0.366. The first-order chi connectivity index (χ1) is 12.6. The van der Waals surface area contributed by atoms with Crippen molar-refractivity contribution in [1.29, 1.82) is 0 Å². The molecule has 1 aliphatic carbocycles. The van der Waals surface area contributed by atoms with Gasteiger partial charge in [0, 0.05) is 41.4 Å². The van der Waals surface area contributed by atoms with E-state index in [2.05, 4.69) is 19.7 Å². The van der Waals surface area contributed by atoms with Crippen molar-refractivity contribution < 1.29 is 4.92 Å². The predicted molar refractivity (Wildman–Crippen MR) is 98.9 cm³/mol. The first kappa shape index (κ1) is 16.7. The molecule has 8 heteroatoms. The van der Waals surface area contributed by atoms with Gasteiger partial charge in [0.15, 0.2) is 11.0 Å². The molecule has 2 aromatic heterocycles. The molecule has 1 saturated carbocycles. The topological polar surface area (TPSA) is 86.7 Å². The molecular weight excluding hydrogens is 350 g/mol. The van der Waals surface area contributed by atoms with Crippen molar-refractivity contribution >= 4 is 17.4 Å². The molecule has 3 aromatic rings. The van der Waals surface area contributed by atoms with Gasteiger partial charge in [-0.1, -0.05) is 23.9 Å². The molecule has 4 rings (SSSR count). The molecule has 2 heterocycles. The summed E-state index contributed by atoms with van der Waals surface area (Å²) in [7, 11) is 0. The second-order valence-electron chi connectivity index (χ2n) is 6.26. The maximum atomic E-state index is 11.0. The number of benzene rings is 1. The summed E-state index contributed by atoms with van der Waals surface area (Å²) in [5, 5.41) is 20.7. The van der Waals surface area contributed by atoms with Crippen LogP contribution in [0, 0.1) is 10.1 Å². The van der Waals surface area contributed by atoms with Gasteiger partial charge >= 0.3 is 0 Å². The van der Waals surface area contributed by atoms with Gasteiger partial charge in [0.2, 0.25) is 0 Å². The number of thioether (sulfide) groups is 1. The zero-order chi connectivity index (χ0) is 18.1. The van der Waals surface area contributed by atoms with E-state index in [1.54, 1.807) is 36.3 Å². The maximum Gasteiger partial charge on any atom is 0.269 e. The average molecular weight is 367 g/mol.